The first kappa shape index (κ1) is 15.4. The Morgan fingerprint density at radius 3 is 2.86 bits per heavy atom. The third kappa shape index (κ3) is 3.38. The van der Waals surface area contributed by atoms with Gasteiger partial charge in [0.2, 0.25) is 11.7 Å². The quantitative estimate of drug-likeness (QED) is 0.651. The van der Waals surface area contributed by atoms with Gasteiger partial charge < -0.3 is 20.1 Å². The lowest BCUT2D eigenvalue weighted by Gasteiger charge is -2.37. The predicted molar refractivity (Wildman–Crippen MR) is 74.6 cm³/mol. The largest absolute Gasteiger partial charge is 0.396 e. The molecule has 2 unspecified atom stereocenters. The van der Waals surface area contributed by atoms with Crippen molar-refractivity contribution >= 4 is 11.7 Å². The van der Waals surface area contributed by atoms with Crippen molar-refractivity contribution in [3.8, 4) is 0 Å². The van der Waals surface area contributed by atoms with Gasteiger partial charge in [-0.15, -0.1) is 0 Å². The molecule has 1 saturated heterocycles. The van der Waals surface area contributed by atoms with E-state index < -0.39 is 4.92 Å². The monoisotopic (exact) mass is 296 g/mol. The summed E-state index contributed by atoms with van der Waals surface area (Å²) >= 11 is 0. The highest BCUT2D eigenvalue weighted by Gasteiger charge is 2.29. The highest BCUT2D eigenvalue weighted by molar-refractivity contribution is 5.76. The molecule has 1 fully saturated rings. The maximum Gasteiger partial charge on any atom is 0.381 e. The number of aromatic nitrogens is 2. The molecule has 2 heterocycles. The molecule has 116 valence electrons. The maximum atomic E-state index is 12.4. The van der Waals surface area contributed by atoms with Gasteiger partial charge in [-0.1, -0.05) is 0 Å². The standard InChI is InChI=1S/C13H20N4O4/c1-9-3-4-11(8-18)5-16(9)13(19)7-15-6-12(17(20)21)14-10(15)2/h6,9,11,18H,3-5,7-8H2,1-2H3. The number of hydrogen-bond donors (Lipinski definition) is 1. The average molecular weight is 296 g/mol. The molecule has 1 amide bonds. The van der Waals surface area contributed by atoms with Crippen molar-refractivity contribution in [2.24, 2.45) is 5.92 Å². The molecule has 0 aromatic carbocycles. The van der Waals surface area contributed by atoms with E-state index in [0.717, 1.165) is 12.8 Å². The first-order valence-electron chi connectivity index (χ1n) is 7.00. The van der Waals surface area contributed by atoms with Crippen LogP contribution in [0.3, 0.4) is 0 Å². The summed E-state index contributed by atoms with van der Waals surface area (Å²) in [5.41, 5.74) is 0. The fourth-order valence-electron chi connectivity index (χ4n) is 2.66. The van der Waals surface area contributed by atoms with Gasteiger partial charge in [-0.05, 0) is 35.6 Å². The normalized spacial score (nSPS) is 22.3. The van der Waals surface area contributed by atoms with Gasteiger partial charge in [-0.3, -0.25) is 9.36 Å². The second kappa shape index (κ2) is 6.21. The molecular weight excluding hydrogens is 276 g/mol. The number of piperidine rings is 1. The molecule has 8 heteroatoms. The fraction of sp³-hybridized carbons (Fsp3) is 0.692. The van der Waals surface area contributed by atoms with E-state index in [1.165, 1.54) is 10.8 Å². The van der Waals surface area contributed by atoms with E-state index in [9.17, 15) is 20.0 Å². The number of hydrogen-bond acceptors (Lipinski definition) is 5. The number of nitro groups is 1. The summed E-state index contributed by atoms with van der Waals surface area (Å²) in [6.45, 7) is 4.26. The minimum Gasteiger partial charge on any atom is -0.396 e. The summed E-state index contributed by atoms with van der Waals surface area (Å²) < 4.78 is 1.50. The van der Waals surface area contributed by atoms with Crippen LogP contribution in [-0.2, 0) is 11.3 Å². The van der Waals surface area contributed by atoms with Crippen LogP contribution in [0.1, 0.15) is 25.6 Å². The van der Waals surface area contributed by atoms with Crippen molar-refractivity contribution < 1.29 is 14.8 Å². The summed E-state index contributed by atoms with van der Waals surface area (Å²) in [7, 11) is 0. The average Bonchev–Trinajstić information content (AvgIpc) is 2.81. The Hall–Kier alpha value is -1.96. The molecular formula is C13H20N4O4. The van der Waals surface area contributed by atoms with Gasteiger partial charge in [-0.25, -0.2) is 0 Å². The Morgan fingerprint density at radius 1 is 1.57 bits per heavy atom. The van der Waals surface area contributed by atoms with Crippen LogP contribution < -0.4 is 0 Å². The van der Waals surface area contributed by atoms with Crippen LogP contribution in [0.2, 0.25) is 0 Å². The molecule has 1 aromatic heterocycles. The van der Waals surface area contributed by atoms with Crippen LogP contribution >= 0.6 is 0 Å². The van der Waals surface area contributed by atoms with Crippen LogP contribution in [0.25, 0.3) is 0 Å². The second-order valence-electron chi connectivity index (χ2n) is 5.55. The summed E-state index contributed by atoms with van der Waals surface area (Å²) in [6.07, 6.45) is 3.06. The molecule has 0 radical (unpaired) electrons. The zero-order valence-electron chi connectivity index (χ0n) is 12.2. The fourth-order valence-corrected chi connectivity index (χ4v) is 2.66. The number of amides is 1. The van der Waals surface area contributed by atoms with Crippen molar-refractivity contribution in [2.75, 3.05) is 13.2 Å². The number of imidazole rings is 1. The van der Waals surface area contributed by atoms with Gasteiger partial charge in [-0.2, -0.15) is 0 Å². The van der Waals surface area contributed by atoms with Gasteiger partial charge >= 0.3 is 5.82 Å². The van der Waals surface area contributed by atoms with E-state index >= 15 is 0 Å². The minimum atomic E-state index is -0.570. The smallest absolute Gasteiger partial charge is 0.381 e. The van der Waals surface area contributed by atoms with E-state index in [0.29, 0.717) is 12.4 Å². The van der Waals surface area contributed by atoms with Gasteiger partial charge in [0.1, 0.15) is 12.7 Å². The number of aliphatic hydroxyl groups excluding tert-OH is 1. The molecule has 0 saturated carbocycles. The molecule has 1 N–H and O–H groups in total. The Bertz CT molecular complexity index is 542. The molecule has 2 atom stereocenters. The van der Waals surface area contributed by atoms with Crippen LogP contribution in [0.15, 0.2) is 6.20 Å². The van der Waals surface area contributed by atoms with Crippen molar-refractivity contribution in [1.29, 1.82) is 0 Å². The number of likely N-dealkylation sites (tertiary alicyclic amines) is 1. The number of nitrogens with zero attached hydrogens (tertiary/aromatic N) is 4. The second-order valence-corrected chi connectivity index (χ2v) is 5.55. The van der Waals surface area contributed by atoms with Crippen LogP contribution in [0.4, 0.5) is 5.82 Å². The van der Waals surface area contributed by atoms with Gasteiger partial charge in [0, 0.05) is 26.1 Å². The lowest BCUT2D eigenvalue weighted by atomic mass is 9.94. The minimum absolute atomic E-state index is 0.0369. The van der Waals surface area contributed by atoms with E-state index in [-0.39, 0.29) is 36.8 Å². The van der Waals surface area contributed by atoms with Crippen LogP contribution in [0.5, 0.6) is 0 Å². The molecule has 1 aliphatic rings. The van der Waals surface area contributed by atoms with Crippen molar-refractivity contribution in [2.45, 2.75) is 39.3 Å². The maximum absolute atomic E-state index is 12.4. The number of carbonyl (C=O) groups is 1. The van der Waals surface area contributed by atoms with E-state index in [4.69, 9.17) is 0 Å². The lowest BCUT2D eigenvalue weighted by Crippen LogP contribution is -2.47. The van der Waals surface area contributed by atoms with Gasteiger partial charge in [0.25, 0.3) is 0 Å². The van der Waals surface area contributed by atoms with Crippen molar-refractivity contribution in [3.05, 3.63) is 22.1 Å². The number of aliphatic hydroxyl groups is 1. The SMILES string of the molecule is Cc1nc([N+](=O)[O-])cn1CC(=O)N1CC(CO)CCC1C. The van der Waals surface area contributed by atoms with Crippen LogP contribution in [-0.4, -0.2) is 49.6 Å². The molecule has 1 aromatic rings. The van der Waals surface area contributed by atoms with Crippen LogP contribution in [0, 0.1) is 23.0 Å². The summed E-state index contributed by atoms with van der Waals surface area (Å²) in [4.78, 5) is 28.1. The van der Waals surface area contributed by atoms with Gasteiger partial charge in [0.15, 0.2) is 0 Å². The van der Waals surface area contributed by atoms with Gasteiger partial charge in [0.05, 0.1) is 0 Å². The summed E-state index contributed by atoms with van der Waals surface area (Å²) in [5.74, 6) is 0.207. The topological polar surface area (TPSA) is 102 Å². The van der Waals surface area contributed by atoms with E-state index in [1.807, 2.05) is 6.92 Å². The van der Waals surface area contributed by atoms with Crippen molar-refractivity contribution in [3.63, 3.8) is 0 Å². The zero-order valence-corrected chi connectivity index (χ0v) is 12.2. The first-order valence-corrected chi connectivity index (χ1v) is 7.00. The number of carbonyl (C=O) groups excluding carboxylic acids is 1. The lowest BCUT2D eigenvalue weighted by molar-refractivity contribution is -0.389. The molecule has 0 aliphatic carbocycles. The highest BCUT2D eigenvalue weighted by Crippen LogP contribution is 2.22. The molecule has 2 rings (SSSR count). The number of rotatable bonds is 4. The Labute approximate surface area is 122 Å². The predicted octanol–water partition coefficient (Wildman–Crippen LogP) is 0.719. The Kier molecular flexibility index (Phi) is 4.56. The third-order valence-corrected chi connectivity index (χ3v) is 4.01. The van der Waals surface area contributed by atoms with Crippen molar-refractivity contribution in [1.82, 2.24) is 14.5 Å². The Morgan fingerprint density at radius 2 is 2.29 bits per heavy atom. The van der Waals surface area contributed by atoms with E-state index in [1.54, 1.807) is 11.8 Å². The zero-order chi connectivity index (χ0) is 15.6. The molecule has 21 heavy (non-hydrogen) atoms. The molecule has 8 nitrogen and oxygen atoms in total. The summed E-state index contributed by atoms with van der Waals surface area (Å²) in [5, 5.41) is 19.9. The highest BCUT2D eigenvalue weighted by atomic mass is 16.6. The molecule has 0 spiro atoms. The third-order valence-electron chi connectivity index (χ3n) is 4.01. The Balaban J connectivity index is 2.08. The first-order chi connectivity index (χ1) is 9.92. The molecule has 1 aliphatic heterocycles. The molecule has 0 bridgehead atoms. The summed E-state index contributed by atoms with van der Waals surface area (Å²) in [6, 6.07) is 0.124. The number of aryl methyl sites for hydroxylation is 1. The van der Waals surface area contributed by atoms with E-state index in [2.05, 4.69) is 4.98 Å².